The van der Waals surface area contributed by atoms with E-state index in [0.717, 1.165) is 32.4 Å². The van der Waals surface area contributed by atoms with Crippen molar-refractivity contribution in [3.63, 3.8) is 0 Å². The predicted molar refractivity (Wildman–Crippen MR) is 48.1 cm³/mol. The molecule has 1 heterocycles. The second-order valence-electron chi connectivity index (χ2n) is 3.34. The van der Waals surface area contributed by atoms with Crippen molar-refractivity contribution >= 4 is 0 Å². The minimum absolute atomic E-state index is 0.278. The number of aliphatic hydroxyl groups excluding tert-OH is 1. The molecule has 1 aliphatic rings. The number of hydrogen-bond acceptors (Lipinski definition) is 3. The maximum atomic E-state index is 9.25. The number of ether oxygens (including phenoxy) is 1. The molecule has 1 saturated heterocycles. The molecule has 1 aliphatic heterocycles. The molecular weight excluding hydrogens is 154 g/mol. The Bertz CT molecular complexity index is 113. The van der Waals surface area contributed by atoms with Gasteiger partial charge in [0.15, 0.2) is 0 Å². The van der Waals surface area contributed by atoms with Crippen molar-refractivity contribution in [1.82, 2.24) is 5.32 Å². The Labute approximate surface area is 74.1 Å². The van der Waals surface area contributed by atoms with Crippen LogP contribution in [0.15, 0.2) is 0 Å². The van der Waals surface area contributed by atoms with Crippen molar-refractivity contribution in [2.24, 2.45) is 0 Å². The minimum atomic E-state index is -0.278. The first kappa shape index (κ1) is 9.96. The molecule has 1 rings (SSSR count). The maximum absolute atomic E-state index is 9.25. The van der Waals surface area contributed by atoms with E-state index in [1.165, 1.54) is 0 Å². The molecule has 0 aliphatic carbocycles. The Balaban J connectivity index is 2.05. The Morgan fingerprint density at radius 2 is 2.17 bits per heavy atom. The summed E-state index contributed by atoms with van der Waals surface area (Å²) in [5, 5.41) is 12.5. The summed E-state index contributed by atoms with van der Waals surface area (Å²) < 4.78 is 5.55. The number of hydrogen-bond donors (Lipinski definition) is 2. The summed E-state index contributed by atoms with van der Waals surface area (Å²) in [6, 6.07) is 0. The quantitative estimate of drug-likeness (QED) is 0.651. The summed E-state index contributed by atoms with van der Waals surface area (Å²) in [5.74, 6) is 0. The zero-order valence-electron chi connectivity index (χ0n) is 7.75. The van der Waals surface area contributed by atoms with E-state index < -0.39 is 0 Å². The fourth-order valence-electron chi connectivity index (χ4n) is 1.33. The van der Waals surface area contributed by atoms with E-state index >= 15 is 0 Å². The van der Waals surface area contributed by atoms with E-state index in [0.29, 0.717) is 12.7 Å². The first-order valence-corrected chi connectivity index (χ1v) is 4.83. The van der Waals surface area contributed by atoms with Gasteiger partial charge in [-0.3, -0.25) is 0 Å². The Morgan fingerprint density at radius 1 is 1.50 bits per heavy atom. The van der Waals surface area contributed by atoms with E-state index in [4.69, 9.17) is 4.74 Å². The van der Waals surface area contributed by atoms with Crippen molar-refractivity contribution in [2.75, 3.05) is 19.7 Å². The van der Waals surface area contributed by atoms with Crippen LogP contribution in [0, 0.1) is 0 Å². The van der Waals surface area contributed by atoms with Gasteiger partial charge in [0.05, 0.1) is 18.8 Å². The molecule has 0 aromatic heterocycles. The second kappa shape index (κ2) is 5.51. The van der Waals surface area contributed by atoms with Crippen LogP contribution < -0.4 is 5.32 Å². The fraction of sp³-hybridized carbons (Fsp3) is 1.00. The highest BCUT2D eigenvalue weighted by molar-refractivity contribution is 4.68. The van der Waals surface area contributed by atoms with Crippen LogP contribution in [0.3, 0.4) is 0 Å². The van der Waals surface area contributed by atoms with Crippen LogP contribution in [0.4, 0.5) is 0 Å². The first-order valence-electron chi connectivity index (χ1n) is 4.83. The number of piperidine rings is 1. The van der Waals surface area contributed by atoms with Crippen LogP contribution >= 0.6 is 0 Å². The molecule has 1 fully saturated rings. The highest BCUT2D eigenvalue weighted by Gasteiger charge is 2.14. The van der Waals surface area contributed by atoms with Crippen LogP contribution in [0.5, 0.6) is 0 Å². The SMILES string of the molecule is CCC(O)COC1CCNCC1. The molecule has 72 valence electrons. The lowest BCUT2D eigenvalue weighted by atomic mass is 10.1. The van der Waals surface area contributed by atoms with Crippen LogP contribution in [-0.4, -0.2) is 37.0 Å². The summed E-state index contributed by atoms with van der Waals surface area (Å²) in [5.41, 5.74) is 0. The molecule has 12 heavy (non-hydrogen) atoms. The summed E-state index contributed by atoms with van der Waals surface area (Å²) in [6.07, 6.45) is 3.03. The molecule has 0 saturated carbocycles. The lowest BCUT2D eigenvalue weighted by Gasteiger charge is -2.23. The molecular formula is C9H19NO2. The third-order valence-corrected chi connectivity index (χ3v) is 2.28. The number of rotatable bonds is 4. The van der Waals surface area contributed by atoms with Gasteiger partial charge in [-0.25, -0.2) is 0 Å². The van der Waals surface area contributed by atoms with E-state index in [-0.39, 0.29) is 6.10 Å². The van der Waals surface area contributed by atoms with Crippen molar-refractivity contribution in [2.45, 2.75) is 38.4 Å². The smallest absolute Gasteiger partial charge is 0.0771 e. The number of nitrogens with one attached hydrogen (secondary N) is 1. The van der Waals surface area contributed by atoms with Crippen molar-refractivity contribution in [1.29, 1.82) is 0 Å². The van der Waals surface area contributed by atoms with Crippen molar-refractivity contribution in [3.05, 3.63) is 0 Å². The number of aliphatic hydroxyl groups is 1. The average molecular weight is 173 g/mol. The van der Waals surface area contributed by atoms with Gasteiger partial charge in [-0.1, -0.05) is 6.92 Å². The molecule has 1 unspecified atom stereocenters. The van der Waals surface area contributed by atoms with Crippen molar-refractivity contribution < 1.29 is 9.84 Å². The molecule has 0 spiro atoms. The van der Waals surface area contributed by atoms with Gasteiger partial charge in [-0.05, 0) is 32.4 Å². The van der Waals surface area contributed by atoms with Gasteiger partial charge in [0.1, 0.15) is 0 Å². The summed E-state index contributed by atoms with van der Waals surface area (Å²) in [6.45, 7) is 4.57. The topological polar surface area (TPSA) is 41.5 Å². The minimum Gasteiger partial charge on any atom is -0.391 e. The van der Waals surface area contributed by atoms with Crippen LogP contribution in [0.1, 0.15) is 26.2 Å². The van der Waals surface area contributed by atoms with Gasteiger partial charge in [-0.15, -0.1) is 0 Å². The average Bonchev–Trinajstić information content (AvgIpc) is 2.16. The molecule has 0 radical (unpaired) electrons. The molecule has 0 amide bonds. The molecule has 0 aromatic carbocycles. The summed E-state index contributed by atoms with van der Waals surface area (Å²) in [4.78, 5) is 0. The standard InChI is InChI=1S/C9H19NO2/c1-2-8(11)7-12-9-3-5-10-6-4-9/h8-11H,2-7H2,1H3. The summed E-state index contributed by atoms with van der Waals surface area (Å²) >= 11 is 0. The van der Waals surface area contributed by atoms with Gasteiger partial charge in [0.2, 0.25) is 0 Å². The third kappa shape index (κ3) is 3.52. The highest BCUT2D eigenvalue weighted by Crippen LogP contribution is 2.07. The Morgan fingerprint density at radius 3 is 2.75 bits per heavy atom. The normalized spacial score (nSPS) is 22.5. The van der Waals surface area contributed by atoms with E-state index in [2.05, 4.69) is 5.32 Å². The van der Waals surface area contributed by atoms with Gasteiger partial charge in [-0.2, -0.15) is 0 Å². The first-order chi connectivity index (χ1) is 5.83. The molecule has 0 bridgehead atoms. The third-order valence-electron chi connectivity index (χ3n) is 2.28. The van der Waals surface area contributed by atoms with Gasteiger partial charge in [0.25, 0.3) is 0 Å². The maximum Gasteiger partial charge on any atom is 0.0771 e. The molecule has 2 N–H and O–H groups in total. The fourth-order valence-corrected chi connectivity index (χ4v) is 1.33. The van der Waals surface area contributed by atoms with Crippen LogP contribution in [-0.2, 0) is 4.74 Å². The summed E-state index contributed by atoms with van der Waals surface area (Å²) in [7, 11) is 0. The zero-order valence-corrected chi connectivity index (χ0v) is 7.75. The van der Waals surface area contributed by atoms with Crippen molar-refractivity contribution in [3.8, 4) is 0 Å². The lowest BCUT2D eigenvalue weighted by molar-refractivity contribution is -0.0216. The largest absolute Gasteiger partial charge is 0.391 e. The van der Waals surface area contributed by atoms with E-state index in [1.807, 2.05) is 6.92 Å². The Hall–Kier alpha value is -0.120. The lowest BCUT2D eigenvalue weighted by Crippen LogP contribution is -2.34. The van der Waals surface area contributed by atoms with Crippen LogP contribution in [0.2, 0.25) is 0 Å². The monoisotopic (exact) mass is 173 g/mol. The van der Waals surface area contributed by atoms with E-state index in [9.17, 15) is 5.11 Å². The predicted octanol–water partition coefficient (Wildman–Crippen LogP) is 0.526. The Kier molecular flexibility index (Phi) is 4.58. The van der Waals surface area contributed by atoms with Gasteiger partial charge in [0, 0.05) is 0 Å². The second-order valence-corrected chi connectivity index (χ2v) is 3.34. The molecule has 1 atom stereocenters. The molecule has 3 heteroatoms. The van der Waals surface area contributed by atoms with Gasteiger partial charge < -0.3 is 15.2 Å². The molecule has 0 aromatic rings. The van der Waals surface area contributed by atoms with Crippen LogP contribution in [0.25, 0.3) is 0 Å². The molecule has 3 nitrogen and oxygen atoms in total. The van der Waals surface area contributed by atoms with E-state index in [1.54, 1.807) is 0 Å². The highest BCUT2D eigenvalue weighted by atomic mass is 16.5. The zero-order chi connectivity index (χ0) is 8.81. The van der Waals surface area contributed by atoms with Gasteiger partial charge >= 0.3 is 0 Å².